The molecule has 198 valence electrons. The summed E-state index contributed by atoms with van der Waals surface area (Å²) in [4.78, 5) is 32.6. The van der Waals surface area contributed by atoms with Crippen LogP contribution in [-0.2, 0) is 17.8 Å². The van der Waals surface area contributed by atoms with Gasteiger partial charge in [-0.2, -0.15) is 0 Å². The van der Waals surface area contributed by atoms with Gasteiger partial charge in [-0.15, -0.1) is 0 Å². The number of fused-ring (bicyclic) bond motifs is 1. The molecule has 38 heavy (non-hydrogen) atoms. The normalized spacial score (nSPS) is 10.9. The highest BCUT2D eigenvalue weighted by Crippen LogP contribution is 2.19. The van der Waals surface area contributed by atoms with Crippen molar-refractivity contribution in [3.8, 4) is 0 Å². The van der Waals surface area contributed by atoms with Crippen LogP contribution in [0.15, 0.2) is 72.9 Å². The number of hydrogen-bond acceptors (Lipinski definition) is 2. The lowest BCUT2D eigenvalue weighted by Gasteiger charge is -2.28. The second kappa shape index (κ2) is 12.3. The molecule has 0 bridgehead atoms. The summed E-state index contributed by atoms with van der Waals surface area (Å²) in [6.07, 6.45) is 3.08. The van der Waals surface area contributed by atoms with Crippen molar-refractivity contribution in [2.24, 2.45) is 0 Å². The van der Waals surface area contributed by atoms with E-state index in [0.29, 0.717) is 19.4 Å². The number of carbonyl (C=O) groups is 2. The highest BCUT2D eigenvalue weighted by Gasteiger charge is 2.22. The Bertz CT molecular complexity index is 1400. The maximum Gasteiger partial charge on any atom is 0.322 e. The molecule has 0 spiro atoms. The van der Waals surface area contributed by atoms with Crippen LogP contribution in [-0.4, -0.2) is 46.4 Å². The second-order valence-electron chi connectivity index (χ2n) is 9.03. The Morgan fingerprint density at radius 3 is 2.39 bits per heavy atom. The molecule has 4 aromatic rings. The number of hydrogen-bond donors (Lipinski definition) is 2. The molecule has 0 radical (unpaired) electrons. The van der Waals surface area contributed by atoms with E-state index in [2.05, 4.69) is 10.3 Å². The van der Waals surface area contributed by atoms with E-state index in [4.69, 9.17) is 0 Å². The summed E-state index contributed by atoms with van der Waals surface area (Å²) in [5.74, 6) is -2.75. The minimum absolute atomic E-state index is 0.0879. The van der Waals surface area contributed by atoms with E-state index in [-0.39, 0.29) is 37.0 Å². The molecule has 0 fully saturated rings. The number of rotatable bonds is 10. The van der Waals surface area contributed by atoms with Gasteiger partial charge in [0.15, 0.2) is 11.6 Å². The van der Waals surface area contributed by atoms with Crippen molar-refractivity contribution in [1.29, 1.82) is 0 Å². The van der Waals surface area contributed by atoms with Gasteiger partial charge >= 0.3 is 6.03 Å². The quantitative estimate of drug-likeness (QED) is 0.264. The van der Waals surface area contributed by atoms with E-state index in [0.717, 1.165) is 34.2 Å². The highest BCUT2D eigenvalue weighted by atomic mass is 19.2. The van der Waals surface area contributed by atoms with Crippen LogP contribution in [0.3, 0.4) is 0 Å². The smallest absolute Gasteiger partial charge is 0.322 e. The number of H-pyrrole nitrogens is 1. The molecular formula is C29H29F3N4O2. The largest absolute Gasteiger partial charge is 0.361 e. The zero-order valence-corrected chi connectivity index (χ0v) is 21.0. The van der Waals surface area contributed by atoms with Gasteiger partial charge in [-0.05, 0) is 54.3 Å². The van der Waals surface area contributed by atoms with Crippen molar-refractivity contribution in [3.63, 3.8) is 0 Å². The summed E-state index contributed by atoms with van der Waals surface area (Å²) < 4.78 is 40.3. The molecule has 1 aromatic heterocycles. The number of aromatic nitrogens is 1. The average Bonchev–Trinajstić information content (AvgIpc) is 3.32. The van der Waals surface area contributed by atoms with Crippen LogP contribution in [0.2, 0.25) is 0 Å². The van der Waals surface area contributed by atoms with Crippen molar-refractivity contribution >= 4 is 28.5 Å². The summed E-state index contributed by atoms with van der Waals surface area (Å²) in [5, 5.41) is 3.60. The minimum atomic E-state index is -1.08. The monoisotopic (exact) mass is 522 g/mol. The van der Waals surface area contributed by atoms with Crippen molar-refractivity contribution in [2.45, 2.75) is 26.3 Å². The van der Waals surface area contributed by atoms with Gasteiger partial charge in [-0.25, -0.2) is 18.0 Å². The van der Waals surface area contributed by atoms with Gasteiger partial charge in [0.1, 0.15) is 12.4 Å². The molecule has 0 atom stereocenters. The molecule has 9 heteroatoms. The number of anilines is 1. The van der Waals surface area contributed by atoms with Crippen LogP contribution >= 0.6 is 0 Å². The summed E-state index contributed by atoms with van der Waals surface area (Å²) in [5.41, 5.74) is 2.90. The maximum atomic E-state index is 13.6. The van der Waals surface area contributed by atoms with Crippen LogP contribution in [0.25, 0.3) is 10.9 Å². The van der Waals surface area contributed by atoms with Gasteiger partial charge in [0.2, 0.25) is 5.91 Å². The van der Waals surface area contributed by atoms with E-state index < -0.39 is 17.7 Å². The van der Waals surface area contributed by atoms with Gasteiger partial charge < -0.3 is 20.1 Å². The fourth-order valence-corrected chi connectivity index (χ4v) is 4.26. The summed E-state index contributed by atoms with van der Waals surface area (Å²) in [7, 11) is 0. The lowest BCUT2D eigenvalue weighted by atomic mass is 10.1. The maximum absolute atomic E-state index is 13.6. The van der Waals surface area contributed by atoms with Gasteiger partial charge in [-0.3, -0.25) is 4.79 Å². The summed E-state index contributed by atoms with van der Waals surface area (Å²) in [6.45, 7) is 2.57. The average molecular weight is 523 g/mol. The first kappa shape index (κ1) is 26.8. The van der Waals surface area contributed by atoms with Crippen LogP contribution in [0.1, 0.15) is 24.5 Å². The van der Waals surface area contributed by atoms with E-state index in [1.807, 2.05) is 37.4 Å². The number of nitrogens with one attached hydrogen (secondary N) is 2. The zero-order chi connectivity index (χ0) is 27.1. The third kappa shape index (κ3) is 6.73. The van der Waals surface area contributed by atoms with Gasteiger partial charge in [0.25, 0.3) is 0 Å². The summed E-state index contributed by atoms with van der Waals surface area (Å²) >= 11 is 0. The van der Waals surface area contributed by atoms with Gasteiger partial charge in [0, 0.05) is 48.5 Å². The fraction of sp³-hybridized carbons (Fsp3) is 0.241. The molecule has 4 rings (SSSR count). The second-order valence-corrected chi connectivity index (χ2v) is 9.03. The molecule has 1 heterocycles. The number of urea groups is 1. The standard InChI is InChI=1S/C29H29F3N4O2/c1-2-14-36(29(38)34-23-11-12-25(31)26(32)16-23)19-28(37)35(18-20-7-9-22(30)10-8-20)15-13-21-17-33-27-6-4-3-5-24(21)27/h3-12,16-17,33H,2,13-15,18-19H2,1H3,(H,34,38). The van der Waals surface area contributed by atoms with Crippen molar-refractivity contribution < 1.29 is 22.8 Å². The Kier molecular flexibility index (Phi) is 8.68. The van der Waals surface area contributed by atoms with Crippen molar-refractivity contribution in [2.75, 3.05) is 25.0 Å². The van der Waals surface area contributed by atoms with E-state index >= 15 is 0 Å². The predicted molar refractivity (Wildman–Crippen MR) is 141 cm³/mol. The molecule has 0 aliphatic carbocycles. The highest BCUT2D eigenvalue weighted by molar-refractivity contribution is 5.92. The topological polar surface area (TPSA) is 68.4 Å². The van der Waals surface area contributed by atoms with E-state index in [1.165, 1.54) is 23.1 Å². The molecule has 0 aliphatic rings. The molecule has 6 nitrogen and oxygen atoms in total. The Morgan fingerprint density at radius 1 is 0.895 bits per heavy atom. The lowest BCUT2D eigenvalue weighted by Crippen LogP contribution is -2.45. The van der Waals surface area contributed by atoms with Gasteiger partial charge in [-0.1, -0.05) is 37.3 Å². The molecule has 3 aromatic carbocycles. The lowest BCUT2D eigenvalue weighted by molar-refractivity contribution is -0.132. The minimum Gasteiger partial charge on any atom is -0.361 e. The van der Waals surface area contributed by atoms with Crippen molar-refractivity contribution in [3.05, 3.63) is 102 Å². The number of aromatic amines is 1. The number of para-hydroxylation sites is 1. The number of halogens is 3. The summed E-state index contributed by atoms with van der Waals surface area (Å²) in [6, 6.07) is 16.3. The molecule has 3 amide bonds. The number of carbonyl (C=O) groups excluding carboxylic acids is 2. The molecule has 0 saturated carbocycles. The Morgan fingerprint density at radius 2 is 1.66 bits per heavy atom. The molecule has 0 saturated heterocycles. The van der Waals surface area contributed by atoms with Crippen LogP contribution in [0, 0.1) is 17.5 Å². The van der Waals surface area contributed by atoms with Gasteiger partial charge in [0.05, 0.1) is 0 Å². The number of nitrogens with zero attached hydrogens (tertiary/aromatic N) is 2. The Hall–Kier alpha value is -4.27. The van der Waals surface area contributed by atoms with Crippen LogP contribution < -0.4 is 5.32 Å². The van der Waals surface area contributed by atoms with Crippen LogP contribution in [0.4, 0.5) is 23.7 Å². The Labute approximate surface area is 219 Å². The first-order valence-electron chi connectivity index (χ1n) is 12.4. The number of benzene rings is 3. The van der Waals surface area contributed by atoms with Crippen LogP contribution in [0.5, 0.6) is 0 Å². The van der Waals surface area contributed by atoms with Crippen molar-refractivity contribution in [1.82, 2.24) is 14.8 Å². The van der Waals surface area contributed by atoms with E-state index in [9.17, 15) is 22.8 Å². The SMILES string of the molecule is CCCN(CC(=O)N(CCc1c[nH]c2ccccc12)Cc1ccc(F)cc1)C(=O)Nc1ccc(F)c(F)c1. The first-order chi connectivity index (χ1) is 18.3. The Balaban J connectivity index is 1.50. The first-order valence-corrected chi connectivity index (χ1v) is 12.4. The third-order valence-electron chi connectivity index (χ3n) is 6.24. The van der Waals surface area contributed by atoms with E-state index in [1.54, 1.807) is 17.0 Å². The number of amides is 3. The molecule has 2 N–H and O–H groups in total. The molecular weight excluding hydrogens is 493 g/mol. The molecule has 0 aliphatic heterocycles. The third-order valence-corrected chi connectivity index (χ3v) is 6.24. The zero-order valence-electron chi connectivity index (χ0n) is 21.0. The molecule has 0 unspecified atom stereocenters. The predicted octanol–water partition coefficient (Wildman–Crippen LogP) is 6.10. The fourth-order valence-electron chi connectivity index (χ4n) is 4.26.